The Balaban J connectivity index is 1.66. The van der Waals surface area contributed by atoms with Crippen molar-refractivity contribution < 1.29 is 4.79 Å². The number of halogens is 1. The van der Waals surface area contributed by atoms with Crippen molar-refractivity contribution >= 4 is 21.8 Å². The first-order valence-electron chi connectivity index (χ1n) is 6.95. The summed E-state index contributed by atoms with van der Waals surface area (Å²) in [5.74, 6) is 0.0481. The number of nitrogens with one attached hydrogen (secondary N) is 2. The lowest BCUT2D eigenvalue weighted by atomic mass is 9.99. The molecule has 0 spiro atoms. The highest BCUT2D eigenvalue weighted by molar-refractivity contribution is 9.10. The Bertz CT molecular complexity index is 491. The molecule has 3 nitrogen and oxygen atoms in total. The summed E-state index contributed by atoms with van der Waals surface area (Å²) >= 11 is 3.48. The van der Waals surface area contributed by atoms with Crippen LogP contribution in [-0.2, 0) is 0 Å². The molecule has 3 rings (SSSR count). The Labute approximate surface area is 122 Å². The van der Waals surface area contributed by atoms with Crippen molar-refractivity contribution in [2.45, 2.75) is 50.7 Å². The van der Waals surface area contributed by atoms with E-state index >= 15 is 0 Å². The number of hydrogen-bond acceptors (Lipinski definition) is 2. The Morgan fingerprint density at radius 2 is 2.00 bits per heavy atom. The molecule has 2 N–H and O–H groups in total. The Hall–Kier alpha value is -0.870. The number of amides is 1. The number of carbonyl (C=O) groups is 1. The Morgan fingerprint density at radius 3 is 2.63 bits per heavy atom. The summed E-state index contributed by atoms with van der Waals surface area (Å²) in [5.41, 5.74) is 1.89. The predicted molar refractivity (Wildman–Crippen MR) is 79.3 cm³/mol. The molecule has 1 aromatic carbocycles. The van der Waals surface area contributed by atoms with Gasteiger partial charge in [0.15, 0.2) is 0 Å². The smallest absolute Gasteiger partial charge is 0.251 e. The van der Waals surface area contributed by atoms with Gasteiger partial charge >= 0.3 is 0 Å². The monoisotopic (exact) mass is 322 g/mol. The van der Waals surface area contributed by atoms with Gasteiger partial charge in [0.1, 0.15) is 0 Å². The second-order valence-electron chi connectivity index (χ2n) is 5.74. The summed E-state index contributed by atoms with van der Waals surface area (Å²) in [7, 11) is 0. The zero-order valence-corrected chi connectivity index (χ0v) is 12.7. The van der Waals surface area contributed by atoms with Crippen molar-refractivity contribution in [1.82, 2.24) is 10.6 Å². The molecule has 1 amide bonds. The third-order valence-electron chi connectivity index (χ3n) is 4.24. The van der Waals surface area contributed by atoms with Gasteiger partial charge in [-0.3, -0.25) is 4.79 Å². The van der Waals surface area contributed by atoms with Gasteiger partial charge in [0, 0.05) is 28.2 Å². The third-order valence-corrected chi connectivity index (χ3v) is 5.10. The van der Waals surface area contributed by atoms with Crippen molar-refractivity contribution in [3.63, 3.8) is 0 Å². The molecule has 2 heterocycles. The van der Waals surface area contributed by atoms with E-state index in [1.165, 1.54) is 12.8 Å². The first kappa shape index (κ1) is 13.1. The SMILES string of the molecule is Cc1ccc(C(=O)NC2CC3CCC(C2)N3)cc1Br. The summed E-state index contributed by atoms with van der Waals surface area (Å²) in [6, 6.07) is 7.31. The van der Waals surface area contributed by atoms with E-state index in [4.69, 9.17) is 0 Å². The molecule has 0 saturated carbocycles. The summed E-state index contributed by atoms with van der Waals surface area (Å²) in [6.07, 6.45) is 4.64. The highest BCUT2D eigenvalue weighted by Gasteiger charge is 2.34. The van der Waals surface area contributed by atoms with Crippen LogP contribution in [0.25, 0.3) is 0 Å². The molecular weight excluding hydrogens is 304 g/mol. The van der Waals surface area contributed by atoms with Crippen LogP contribution in [0.1, 0.15) is 41.6 Å². The first-order chi connectivity index (χ1) is 9.11. The molecular formula is C15H19BrN2O. The zero-order chi connectivity index (χ0) is 13.4. The average Bonchev–Trinajstić information content (AvgIpc) is 2.72. The molecule has 2 fully saturated rings. The highest BCUT2D eigenvalue weighted by Crippen LogP contribution is 2.27. The lowest BCUT2D eigenvalue weighted by molar-refractivity contribution is 0.0924. The van der Waals surface area contributed by atoms with Crippen molar-refractivity contribution in [2.24, 2.45) is 0 Å². The Morgan fingerprint density at radius 1 is 1.32 bits per heavy atom. The van der Waals surface area contributed by atoms with Gasteiger partial charge in [-0.25, -0.2) is 0 Å². The minimum absolute atomic E-state index is 0.0481. The number of rotatable bonds is 2. The molecule has 4 heteroatoms. The van der Waals surface area contributed by atoms with E-state index in [0.717, 1.165) is 28.4 Å². The largest absolute Gasteiger partial charge is 0.349 e. The molecule has 19 heavy (non-hydrogen) atoms. The second-order valence-corrected chi connectivity index (χ2v) is 6.60. The fourth-order valence-electron chi connectivity index (χ4n) is 3.18. The predicted octanol–water partition coefficient (Wildman–Crippen LogP) is 2.77. The molecule has 2 saturated heterocycles. The second kappa shape index (κ2) is 5.25. The first-order valence-corrected chi connectivity index (χ1v) is 7.74. The van der Waals surface area contributed by atoms with Crippen molar-refractivity contribution in [2.75, 3.05) is 0 Å². The number of hydrogen-bond donors (Lipinski definition) is 2. The van der Waals surface area contributed by atoms with Crippen LogP contribution in [0.3, 0.4) is 0 Å². The van der Waals surface area contributed by atoms with Crippen molar-refractivity contribution in [3.8, 4) is 0 Å². The average molecular weight is 323 g/mol. The van der Waals surface area contributed by atoms with Crippen LogP contribution in [0.5, 0.6) is 0 Å². The summed E-state index contributed by atoms with van der Waals surface area (Å²) in [4.78, 5) is 12.3. The molecule has 2 unspecified atom stereocenters. The summed E-state index contributed by atoms with van der Waals surface area (Å²) < 4.78 is 0.991. The van der Waals surface area contributed by atoms with Crippen LogP contribution in [0.4, 0.5) is 0 Å². The lowest BCUT2D eigenvalue weighted by Crippen LogP contribution is -2.48. The maximum atomic E-state index is 12.3. The van der Waals surface area contributed by atoms with E-state index < -0.39 is 0 Å². The van der Waals surface area contributed by atoms with Crippen LogP contribution in [0.2, 0.25) is 0 Å². The summed E-state index contributed by atoms with van der Waals surface area (Å²) in [5, 5.41) is 6.77. The van der Waals surface area contributed by atoms with Crippen LogP contribution in [0, 0.1) is 6.92 Å². The maximum Gasteiger partial charge on any atom is 0.251 e. The fourth-order valence-corrected chi connectivity index (χ4v) is 3.56. The van der Waals surface area contributed by atoms with E-state index in [9.17, 15) is 4.79 Å². The molecule has 0 aliphatic carbocycles. The van der Waals surface area contributed by atoms with Crippen molar-refractivity contribution in [3.05, 3.63) is 33.8 Å². The molecule has 102 valence electrons. The Kier molecular flexibility index (Phi) is 3.63. The van der Waals surface area contributed by atoms with Gasteiger partial charge < -0.3 is 10.6 Å². The third kappa shape index (κ3) is 2.84. The number of piperidine rings is 1. The summed E-state index contributed by atoms with van der Waals surface area (Å²) in [6.45, 7) is 2.02. The van der Waals surface area contributed by atoms with E-state index in [-0.39, 0.29) is 5.91 Å². The topological polar surface area (TPSA) is 41.1 Å². The minimum Gasteiger partial charge on any atom is -0.349 e. The highest BCUT2D eigenvalue weighted by atomic mass is 79.9. The number of benzene rings is 1. The number of aryl methyl sites for hydroxylation is 1. The molecule has 0 radical (unpaired) electrons. The normalized spacial score (nSPS) is 29.3. The molecule has 2 atom stereocenters. The van der Waals surface area contributed by atoms with Gasteiger partial charge in [0.25, 0.3) is 5.91 Å². The van der Waals surface area contributed by atoms with Gasteiger partial charge in [-0.1, -0.05) is 22.0 Å². The van der Waals surface area contributed by atoms with Crippen molar-refractivity contribution in [1.29, 1.82) is 0 Å². The molecule has 2 aliphatic rings. The van der Waals surface area contributed by atoms with Crippen LogP contribution in [0.15, 0.2) is 22.7 Å². The molecule has 0 aromatic heterocycles. The minimum atomic E-state index is 0.0481. The quantitative estimate of drug-likeness (QED) is 0.879. The zero-order valence-electron chi connectivity index (χ0n) is 11.1. The van der Waals surface area contributed by atoms with Crippen LogP contribution in [-0.4, -0.2) is 24.0 Å². The standard InChI is InChI=1S/C15H19BrN2O/c1-9-2-3-10(6-14(9)16)15(19)18-13-7-11-4-5-12(8-13)17-11/h2-3,6,11-13,17H,4-5,7-8H2,1H3,(H,18,19). The van der Waals surface area contributed by atoms with Crippen LogP contribution < -0.4 is 10.6 Å². The van der Waals surface area contributed by atoms with E-state index in [2.05, 4.69) is 26.6 Å². The van der Waals surface area contributed by atoms with E-state index in [0.29, 0.717) is 18.1 Å². The van der Waals surface area contributed by atoms with E-state index in [1.807, 2.05) is 25.1 Å². The van der Waals surface area contributed by atoms with Gasteiger partial charge in [0.05, 0.1) is 0 Å². The fraction of sp³-hybridized carbons (Fsp3) is 0.533. The molecule has 2 bridgehead atoms. The van der Waals surface area contributed by atoms with Gasteiger partial charge in [-0.15, -0.1) is 0 Å². The van der Waals surface area contributed by atoms with Gasteiger partial charge in [-0.05, 0) is 50.3 Å². The maximum absolute atomic E-state index is 12.3. The number of fused-ring (bicyclic) bond motifs is 2. The van der Waals surface area contributed by atoms with Gasteiger partial charge in [-0.2, -0.15) is 0 Å². The van der Waals surface area contributed by atoms with Crippen LogP contribution >= 0.6 is 15.9 Å². The lowest BCUT2D eigenvalue weighted by Gasteiger charge is -2.29. The molecule has 1 aromatic rings. The van der Waals surface area contributed by atoms with Gasteiger partial charge in [0.2, 0.25) is 0 Å². The molecule has 2 aliphatic heterocycles. The van der Waals surface area contributed by atoms with E-state index in [1.54, 1.807) is 0 Å². The number of carbonyl (C=O) groups excluding carboxylic acids is 1.